The fraction of sp³-hybridized carbons (Fsp3) is 0.550. The number of alkyl halides is 2. The molecule has 5 nitrogen and oxygen atoms in total. The number of carbonyl (C=O) groups is 1. The summed E-state index contributed by atoms with van der Waals surface area (Å²) in [5.74, 6) is -0.642. The molecule has 28 heavy (non-hydrogen) atoms. The Labute approximate surface area is 167 Å². The predicted octanol–water partition coefficient (Wildman–Crippen LogP) is 4.00. The van der Waals surface area contributed by atoms with Crippen LogP contribution < -0.4 is 4.90 Å². The maximum absolute atomic E-state index is 13.0. The van der Waals surface area contributed by atoms with Gasteiger partial charge >= 0.3 is 0 Å². The number of aromatic nitrogens is 3. The average molecular weight is 407 g/mol. The van der Waals surface area contributed by atoms with Gasteiger partial charge in [0.15, 0.2) is 0 Å². The molecule has 1 unspecified atom stereocenters. The van der Waals surface area contributed by atoms with Crippen LogP contribution in [0.3, 0.4) is 0 Å². The van der Waals surface area contributed by atoms with Crippen molar-refractivity contribution < 1.29 is 13.6 Å². The molecule has 4 rings (SSSR count). The van der Waals surface area contributed by atoms with Crippen LogP contribution in [0.25, 0.3) is 11.3 Å². The summed E-state index contributed by atoms with van der Waals surface area (Å²) < 4.78 is 27.7. The van der Waals surface area contributed by atoms with E-state index in [0.717, 1.165) is 29.9 Å². The molecule has 0 saturated heterocycles. The lowest BCUT2D eigenvalue weighted by Crippen LogP contribution is -2.34. The zero-order valence-corrected chi connectivity index (χ0v) is 16.7. The van der Waals surface area contributed by atoms with E-state index >= 15 is 0 Å². The summed E-state index contributed by atoms with van der Waals surface area (Å²) in [5, 5.41) is 4.55. The minimum atomic E-state index is -2.48. The second-order valence-corrected chi connectivity index (χ2v) is 8.84. The predicted molar refractivity (Wildman–Crippen MR) is 107 cm³/mol. The lowest BCUT2D eigenvalue weighted by atomic mass is 10.2. The first kappa shape index (κ1) is 19.4. The van der Waals surface area contributed by atoms with Crippen LogP contribution in [0.2, 0.25) is 0 Å². The number of carbonyl (C=O) groups excluding carboxylic acids is 1. The molecule has 0 N–H and O–H groups in total. The van der Waals surface area contributed by atoms with E-state index in [1.807, 2.05) is 30.1 Å². The Balaban J connectivity index is 1.41. The standard InChI is InChI=1S/C20H24F2N4OS/c1-25-18(9-17(24-25)15-3-2-7-23-11-15)26(12-14-4-5-14)19(27)6-8-28-13-16-10-20(16,21)22/h2-3,7,9,11,14,16H,4-6,8,10,12-13H2,1H3. The van der Waals surface area contributed by atoms with Crippen molar-refractivity contribution in [3.63, 3.8) is 0 Å². The van der Waals surface area contributed by atoms with E-state index in [4.69, 9.17) is 0 Å². The Morgan fingerprint density at radius 1 is 1.43 bits per heavy atom. The zero-order valence-electron chi connectivity index (χ0n) is 15.9. The monoisotopic (exact) mass is 406 g/mol. The molecule has 1 atom stereocenters. The Bertz CT molecular complexity index is 838. The van der Waals surface area contributed by atoms with Crippen LogP contribution >= 0.6 is 11.8 Å². The zero-order chi connectivity index (χ0) is 19.7. The number of aryl methyl sites for hydroxylation is 1. The van der Waals surface area contributed by atoms with Crippen molar-refractivity contribution in [2.24, 2.45) is 18.9 Å². The molecule has 8 heteroatoms. The van der Waals surface area contributed by atoms with Crippen molar-refractivity contribution in [3.8, 4) is 11.3 Å². The third kappa shape index (κ3) is 4.54. The second-order valence-electron chi connectivity index (χ2n) is 7.69. The van der Waals surface area contributed by atoms with Gasteiger partial charge in [-0.15, -0.1) is 0 Å². The number of thioether (sulfide) groups is 1. The molecular weight excluding hydrogens is 382 g/mol. The number of rotatable bonds is 9. The van der Waals surface area contributed by atoms with Crippen molar-refractivity contribution >= 4 is 23.5 Å². The molecule has 2 fully saturated rings. The third-order valence-corrected chi connectivity index (χ3v) is 6.39. The van der Waals surface area contributed by atoms with Gasteiger partial charge in [-0.1, -0.05) is 0 Å². The topological polar surface area (TPSA) is 51.0 Å². The molecule has 0 radical (unpaired) electrons. The number of hydrogen-bond donors (Lipinski definition) is 0. The van der Waals surface area contributed by atoms with E-state index in [-0.39, 0.29) is 12.3 Å². The minimum absolute atomic E-state index is 0.00606. The lowest BCUT2D eigenvalue weighted by molar-refractivity contribution is -0.118. The number of hydrogen-bond acceptors (Lipinski definition) is 4. The first-order chi connectivity index (χ1) is 13.4. The summed E-state index contributed by atoms with van der Waals surface area (Å²) in [6.45, 7) is 0.691. The summed E-state index contributed by atoms with van der Waals surface area (Å²) in [7, 11) is 1.84. The molecular formula is C20H24F2N4OS. The maximum atomic E-state index is 13.0. The van der Waals surface area contributed by atoms with Crippen LogP contribution in [0.4, 0.5) is 14.6 Å². The number of halogens is 2. The van der Waals surface area contributed by atoms with Gasteiger partial charge in [-0.2, -0.15) is 16.9 Å². The van der Waals surface area contributed by atoms with E-state index in [1.54, 1.807) is 17.1 Å². The molecule has 0 aliphatic heterocycles. The summed E-state index contributed by atoms with van der Waals surface area (Å²) in [4.78, 5) is 18.9. The van der Waals surface area contributed by atoms with Crippen LogP contribution in [-0.4, -0.2) is 44.6 Å². The number of anilines is 1. The fourth-order valence-corrected chi connectivity index (χ4v) is 4.35. The smallest absolute Gasteiger partial charge is 0.252 e. The van der Waals surface area contributed by atoms with E-state index < -0.39 is 11.8 Å². The molecule has 0 bridgehead atoms. The van der Waals surface area contributed by atoms with Crippen molar-refractivity contribution in [1.82, 2.24) is 14.8 Å². The van der Waals surface area contributed by atoms with E-state index in [9.17, 15) is 13.6 Å². The van der Waals surface area contributed by atoms with Crippen molar-refractivity contribution in [2.75, 3.05) is 23.0 Å². The quantitative estimate of drug-likeness (QED) is 0.591. The van der Waals surface area contributed by atoms with Gasteiger partial charge in [0.1, 0.15) is 5.82 Å². The largest absolute Gasteiger partial charge is 0.297 e. The normalized spacial score (nSPS) is 20.2. The van der Waals surface area contributed by atoms with Gasteiger partial charge in [-0.3, -0.25) is 19.4 Å². The van der Waals surface area contributed by atoms with Gasteiger partial charge in [-0.05, 0) is 30.9 Å². The molecule has 2 aromatic heterocycles. The second kappa shape index (κ2) is 7.81. The van der Waals surface area contributed by atoms with Crippen LogP contribution in [-0.2, 0) is 11.8 Å². The molecule has 1 amide bonds. The third-order valence-electron chi connectivity index (χ3n) is 5.26. The number of pyridine rings is 1. The van der Waals surface area contributed by atoms with Gasteiger partial charge in [0.05, 0.1) is 5.69 Å². The van der Waals surface area contributed by atoms with Crippen molar-refractivity contribution in [2.45, 2.75) is 31.6 Å². The molecule has 2 saturated carbocycles. The highest BCUT2D eigenvalue weighted by atomic mass is 32.2. The van der Waals surface area contributed by atoms with Crippen LogP contribution in [0.1, 0.15) is 25.7 Å². The van der Waals surface area contributed by atoms with Crippen molar-refractivity contribution in [1.29, 1.82) is 0 Å². The van der Waals surface area contributed by atoms with Gasteiger partial charge < -0.3 is 0 Å². The van der Waals surface area contributed by atoms with E-state index in [1.165, 1.54) is 11.8 Å². The summed E-state index contributed by atoms with van der Waals surface area (Å²) in [5.41, 5.74) is 1.69. The van der Waals surface area contributed by atoms with Gasteiger partial charge in [0.2, 0.25) is 5.91 Å². The molecule has 0 spiro atoms. The molecule has 2 aliphatic carbocycles. The molecule has 0 aromatic carbocycles. The summed E-state index contributed by atoms with van der Waals surface area (Å²) in [6.07, 6.45) is 6.09. The highest BCUT2D eigenvalue weighted by Crippen LogP contribution is 2.50. The Morgan fingerprint density at radius 3 is 2.86 bits per heavy atom. The Morgan fingerprint density at radius 2 is 2.21 bits per heavy atom. The molecule has 2 aromatic rings. The Kier molecular flexibility index (Phi) is 5.40. The average Bonchev–Trinajstić information content (AvgIpc) is 3.57. The fourth-order valence-electron chi connectivity index (χ4n) is 3.22. The van der Waals surface area contributed by atoms with Gasteiger partial charge in [0, 0.05) is 67.9 Å². The number of nitrogens with zero attached hydrogens (tertiary/aromatic N) is 4. The lowest BCUT2D eigenvalue weighted by Gasteiger charge is -2.22. The summed E-state index contributed by atoms with van der Waals surface area (Å²) >= 11 is 1.45. The van der Waals surface area contributed by atoms with Crippen LogP contribution in [0.5, 0.6) is 0 Å². The highest BCUT2D eigenvalue weighted by Gasteiger charge is 2.56. The highest BCUT2D eigenvalue weighted by molar-refractivity contribution is 7.99. The Hall–Kier alpha value is -1.96. The van der Waals surface area contributed by atoms with Gasteiger partial charge in [0.25, 0.3) is 5.92 Å². The molecule has 150 valence electrons. The van der Waals surface area contributed by atoms with Crippen molar-refractivity contribution in [3.05, 3.63) is 30.6 Å². The maximum Gasteiger partial charge on any atom is 0.252 e. The minimum Gasteiger partial charge on any atom is -0.297 e. The van der Waals surface area contributed by atoms with E-state index in [0.29, 0.717) is 30.4 Å². The van der Waals surface area contributed by atoms with Crippen LogP contribution in [0, 0.1) is 11.8 Å². The first-order valence-electron chi connectivity index (χ1n) is 9.64. The first-order valence-corrected chi connectivity index (χ1v) is 10.8. The molecule has 2 aliphatic rings. The summed E-state index contributed by atoms with van der Waals surface area (Å²) in [6, 6.07) is 5.73. The van der Waals surface area contributed by atoms with E-state index in [2.05, 4.69) is 10.1 Å². The SMILES string of the molecule is Cn1nc(-c2cccnc2)cc1N(CC1CC1)C(=O)CCSCC1CC1(F)F. The van der Waals surface area contributed by atoms with Gasteiger partial charge in [-0.25, -0.2) is 8.78 Å². The number of amides is 1. The van der Waals surface area contributed by atoms with Crippen LogP contribution in [0.15, 0.2) is 30.6 Å². The molecule has 2 heterocycles.